The number of para-hydroxylation sites is 1. The Morgan fingerprint density at radius 1 is 0.857 bits per heavy atom. The van der Waals surface area contributed by atoms with E-state index in [0.29, 0.717) is 27.9 Å². The maximum atomic E-state index is 13.1. The van der Waals surface area contributed by atoms with Crippen molar-refractivity contribution in [3.63, 3.8) is 0 Å². The van der Waals surface area contributed by atoms with Crippen LogP contribution in [0.2, 0.25) is 0 Å². The maximum Gasteiger partial charge on any atom is 0.280 e. The van der Waals surface area contributed by atoms with Crippen molar-refractivity contribution in [2.75, 3.05) is 5.43 Å². The van der Waals surface area contributed by atoms with E-state index >= 15 is 0 Å². The molecule has 0 spiro atoms. The van der Waals surface area contributed by atoms with E-state index in [1.54, 1.807) is 42.5 Å². The number of hydrogen-bond acceptors (Lipinski definition) is 3. The third-order valence-electron chi connectivity index (χ3n) is 4.20. The highest BCUT2D eigenvalue weighted by Gasteiger charge is 2.16. The summed E-state index contributed by atoms with van der Waals surface area (Å²) in [6, 6.07) is 21.4. The van der Waals surface area contributed by atoms with Gasteiger partial charge in [0.15, 0.2) is 5.82 Å². The number of amides is 1. The van der Waals surface area contributed by atoms with Crippen LogP contribution in [0.15, 0.2) is 86.5 Å². The number of nitrogens with zero attached hydrogens (tertiary/aromatic N) is 2. The summed E-state index contributed by atoms with van der Waals surface area (Å²) in [6.45, 7) is 0. The maximum absolute atomic E-state index is 13.1. The summed E-state index contributed by atoms with van der Waals surface area (Å²) in [4.78, 5) is 30.5. The number of rotatable bonds is 3. The molecule has 4 aromatic rings. The Hall–Kier alpha value is -2.77. The Morgan fingerprint density at radius 2 is 1.46 bits per heavy atom. The molecule has 0 saturated heterocycles. The average Bonchev–Trinajstić information content (AvgIpc) is 2.71. The van der Waals surface area contributed by atoms with Crippen LogP contribution in [0.1, 0.15) is 10.4 Å². The summed E-state index contributed by atoms with van der Waals surface area (Å²) in [7, 11) is 0. The summed E-state index contributed by atoms with van der Waals surface area (Å²) in [5, 5.41) is 0.430. The second-order valence-corrected chi connectivity index (χ2v) is 7.88. The van der Waals surface area contributed by atoms with E-state index in [1.807, 2.05) is 30.3 Å². The zero-order chi connectivity index (χ0) is 19.7. The van der Waals surface area contributed by atoms with E-state index in [2.05, 4.69) is 42.3 Å². The van der Waals surface area contributed by atoms with Crippen molar-refractivity contribution in [1.82, 2.24) is 9.66 Å². The molecule has 0 fully saturated rings. The van der Waals surface area contributed by atoms with Gasteiger partial charge in [0.2, 0.25) is 0 Å². The predicted molar refractivity (Wildman–Crippen MR) is 117 cm³/mol. The second-order valence-electron chi connectivity index (χ2n) is 6.05. The van der Waals surface area contributed by atoms with Crippen LogP contribution in [-0.4, -0.2) is 15.6 Å². The van der Waals surface area contributed by atoms with Gasteiger partial charge in [0.05, 0.1) is 10.9 Å². The molecular formula is C21H13Br2N3O2. The lowest BCUT2D eigenvalue weighted by molar-refractivity contribution is 0.101. The van der Waals surface area contributed by atoms with Crippen molar-refractivity contribution in [3.05, 3.63) is 97.7 Å². The zero-order valence-electron chi connectivity index (χ0n) is 14.4. The fraction of sp³-hybridized carbons (Fsp3) is 0. The van der Waals surface area contributed by atoms with Crippen molar-refractivity contribution in [3.8, 4) is 11.4 Å². The Kier molecular flexibility index (Phi) is 5.11. The minimum Gasteiger partial charge on any atom is -0.267 e. The third-order valence-corrected chi connectivity index (χ3v) is 5.26. The molecule has 0 atom stereocenters. The van der Waals surface area contributed by atoms with Crippen molar-refractivity contribution in [1.29, 1.82) is 0 Å². The van der Waals surface area contributed by atoms with Crippen molar-refractivity contribution >= 4 is 48.7 Å². The molecule has 0 aliphatic heterocycles. The van der Waals surface area contributed by atoms with Crippen molar-refractivity contribution in [2.24, 2.45) is 0 Å². The number of fused-ring (bicyclic) bond motifs is 1. The van der Waals surface area contributed by atoms with Crippen LogP contribution in [0.4, 0.5) is 0 Å². The van der Waals surface area contributed by atoms with Gasteiger partial charge in [-0.25, -0.2) is 4.98 Å². The first-order valence-electron chi connectivity index (χ1n) is 8.37. The predicted octanol–water partition coefficient (Wildman–Crippen LogP) is 4.97. The van der Waals surface area contributed by atoms with Gasteiger partial charge in [0.25, 0.3) is 11.5 Å². The Balaban J connectivity index is 1.87. The molecule has 138 valence electrons. The van der Waals surface area contributed by atoms with Gasteiger partial charge in [-0.2, -0.15) is 4.68 Å². The summed E-state index contributed by atoms with van der Waals surface area (Å²) in [5.41, 5.74) is 4.07. The first-order valence-corrected chi connectivity index (χ1v) is 9.96. The van der Waals surface area contributed by atoms with Crippen LogP contribution < -0.4 is 11.0 Å². The van der Waals surface area contributed by atoms with Gasteiger partial charge in [-0.1, -0.05) is 56.1 Å². The van der Waals surface area contributed by atoms with E-state index in [-0.39, 0.29) is 5.56 Å². The SMILES string of the molecule is O=C(Nn1c(-c2ccc(Br)cc2)nc2ccccc2c1=O)c1ccc(Br)cc1. The summed E-state index contributed by atoms with van der Waals surface area (Å²) >= 11 is 6.75. The van der Waals surface area contributed by atoms with Gasteiger partial charge in [-0.05, 0) is 48.5 Å². The molecule has 1 N–H and O–H groups in total. The number of hydrogen-bond donors (Lipinski definition) is 1. The Bertz CT molecular complexity index is 1230. The van der Waals surface area contributed by atoms with Crippen LogP contribution in [-0.2, 0) is 0 Å². The summed E-state index contributed by atoms with van der Waals surface area (Å²) in [6.07, 6.45) is 0. The van der Waals surface area contributed by atoms with Crippen LogP contribution in [0.3, 0.4) is 0 Å². The largest absolute Gasteiger partial charge is 0.280 e. The fourth-order valence-electron chi connectivity index (χ4n) is 2.80. The zero-order valence-corrected chi connectivity index (χ0v) is 17.6. The topological polar surface area (TPSA) is 64.0 Å². The molecule has 0 unspecified atom stereocenters. The molecule has 1 heterocycles. The van der Waals surface area contributed by atoms with E-state index in [9.17, 15) is 9.59 Å². The van der Waals surface area contributed by atoms with E-state index < -0.39 is 5.91 Å². The van der Waals surface area contributed by atoms with E-state index in [1.165, 1.54) is 4.68 Å². The molecule has 0 saturated carbocycles. The van der Waals surface area contributed by atoms with Gasteiger partial charge < -0.3 is 0 Å². The minimum absolute atomic E-state index is 0.339. The van der Waals surface area contributed by atoms with Gasteiger partial charge in [0.1, 0.15) is 0 Å². The van der Waals surface area contributed by atoms with Crippen LogP contribution >= 0.6 is 31.9 Å². The molecule has 28 heavy (non-hydrogen) atoms. The molecule has 7 heteroatoms. The third kappa shape index (κ3) is 3.63. The average molecular weight is 499 g/mol. The second kappa shape index (κ2) is 7.69. The number of nitrogens with one attached hydrogen (secondary N) is 1. The van der Waals surface area contributed by atoms with E-state index in [4.69, 9.17) is 0 Å². The van der Waals surface area contributed by atoms with Gasteiger partial charge in [-0.15, -0.1) is 0 Å². The number of carbonyl (C=O) groups is 1. The Morgan fingerprint density at radius 3 is 2.14 bits per heavy atom. The number of carbonyl (C=O) groups excluding carboxylic acids is 1. The monoisotopic (exact) mass is 497 g/mol. The normalized spacial score (nSPS) is 10.8. The van der Waals surface area contributed by atoms with Crippen molar-refractivity contribution < 1.29 is 4.79 Å². The van der Waals surface area contributed by atoms with Crippen LogP contribution in [0.5, 0.6) is 0 Å². The van der Waals surface area contributed by atoms with Gasteiger partial charge >= 0.3 is 0 Å². The highest BCUT2D eigenvalue weighted by Crippen LogP contribution is 2.21. The first kappa shape index (κ1) is 18.6. The minimum atomic E-state index is -0.398. The molecule has 4 rings (SSSR count). The quantitative estimate of drug-likeness (QED) is 0.433. The molecule has 0 aliphatic rings. The smallest absolute Gasteiger partial charge is 0.267 e. The molecule has 1 amide bonds. The first-order chi connectivity index (χ1) is 13.5. The molecular weight excluding hydrogens is 486 g/mol. The highest BCUT2D eigenvalue weighted by atomic mass is 79.9. The fourth-order valence-corrected chi connectivity index (χ4v) is 3.33. The van der Waals surface area contributed by atoms with Gasteiger partial charge in [0, 0.05) is 20.1 Å². The standard InChI is InChI=1S/C21H13Br2N3O2/c22-15-9-5-13(6-10-15)19-24-18-4-2-1-3-17(18)21(28)26(19)25-20(27)14-7-11-16(23)12-8-14/h1-12H,(H,25,27). The lowest BCUT2D eigenvalue weighted by Gasteiger charge is -2.15. The lowest BCUT2D eigenvalue weighted by atomic mass is 10.2. The lowest BCUT2D eigenvalue weighted by Crippen LogP contribution is -2.35. The molecule has 5 nitrogen and oxygen atoms in total. The molecule has 3 aromatic carbocycles. The molecule has 0 bridgehead atoms. The summed E-state index contributed by atoms with van der Waals surface area (Å²) in [5.74, 6) is -0.0355. The van der Waals surface area contributed by atoms with Gasteiger partial charge in [-0.3, -0.25) is 15.0 Å². The van der Waals surface area contributed by atoms with Crippen molar-refractivity contribution in [2.45, 2.75) is 0 Å². The van der Waals surface area contributed by atoms with Crippen LogP contribution in [0, 0.1) is 0 Å². The highest BCUT2D eigenvalue weighted by molar-refractivity contribution is 9.10. The molecule has 0 aliphatic carbocycles. The number of halogens is 2. The molecule has 1 aromatic heterocycles. The molecule has 0 radical (unpaired) electrons. The Labute approximate surface area is 177 Å². The summed E-state index contributed by atoms with van der Waals surface area (Å²) < 4.78 is 2.98. The number of aromatic nitrogens is 2. The van der Waals surface area contributed by atoms with E-state index in [0.717, 1.165) is 8.95 Å². The number of benzene rings is 3. The van der Waals surface area contributed by atoms with Crippen LogP contribution in [0.25, 0.3) is 22.3 Å².